The van der Waals surface area contributed by atoms with Gasteiger partial charge in [0, 0.05) is 6.08 Å². The van der Waals surface area contributed by atoms with E-state index in [-0.39, 0.29) is 17.5 Å². The lowest BCUT2D eigenvalue weighted by Crippen LogP contribution is -2.18. The van der Waals surface area contributed by atoms with Crippen LogP contribution in [0.5, 0.6) is 0 Å². The molecule has 0 saturated heterocycles. The van der Waals surface area contributed by atoms with Crippen LogP contribution in [0.3, 0.4) is 0 Å². The van der Waals surface area contributed by atoms with Crippen molar-refractivity contribution in [1.82, 2.24) is 0 Å². The van der Waals surface area contributed by atoms with E-state index in [1.807, 2.05) is 13.8 Å². The van der Waals surface area contributed by atoms with E-state index in [1.54, 1.807) is 6.08 Å². The van der Waals surface area contributed by atoms with Gasteiger partial charge >= 0.3 is 5.97 Å². The summed E-state index contributed by atoms with van der Waals surface area (Å²) in [6.45, 7) is 14.2. The molecule has 2 nitrogen and oxygen atoms in total. The number of carbonyl (C=O) groups excluding carboxylic acids is 1. The molecule has 0 spiro atoms. The first-order valence-corrected chi connectivity index (χ1v) is 5.57. The molecule has 0 aromatic carbocycles. The van der Waals surface area contributed by atoms with Crippen molar-refractivity contribution in [2.24, 2.45) is 11.3 Å². The van der Waals surface area contributed by atoms with Crippen LogP contribution in [0.1, 0.15) is 48.5 Å². The summed E-state index contributed by atoms with van der Waals surface area (Å²) in [5.74, 6) is 0.133. The minimum atomic E-state index is -0.233. The fourth-order valence-corrected chi connectivity index (χ4v) is 1.64. The molecule has 0 heterocycles. The number of esters is 1. The highest BCUT2D eigenvalue weighted by Crippen LogP contribution is 2.31. The quantitative estimate of drug-likeness (QED) is 0.528. The Bertz CT molecular complexity index is 242. The lowest BCUT2D eigenvalue weighted by atomic mass is 9.80. The largest absolute Gasteiger partial charge is 0.460 e. The molecule has 0 fully saturated rings. The summed E-state index contributed by atoms with van der Waals surface area (Å²) >= 11 is 0. The zero-order chi connectivity index (χ0) is 12.2. The van der Waals surface area contributed by atoms with Crippen LogP contribution in [-0.4, -0.2) is 12.1 Å². The van der Waals surface area contributed by atoms with Gasteiger partial charge < -0.3 is 4.74 Å². The zero-order valence-electron chi connectivity index (χ0n) is 11.0. The zero-order valence-corrected chi connectivity index (χ0v) is 11.0. The van der Waals surface area contributed by atoms with E-state index in [9.17, 15) is 4.79 Å². The van der Waals surface area contributed by atoms with Crippen LogP contribution in [0, 0.1) is 11.3 Å². The molecule has 0 radical (unpaired) electrons. The minimum absolute atomic E-state index is 0.0180. The molecule has 0 atom stereocenters. The van der Waals surface area contributed by atoms with Crippen molar-refractivity contribution in [3.8, 4) is 0 Å². The Morgan fingerprint density at radius 1 is 1.13 bits per heavy atom. The third-order valence-electron chi connectivity index (χ3n) is 2.11. The maximum absolute atomic E-state index is 11.5. The fourth-order valence-electron chi connectivity index (χ4n) is 1.64. The number of hydrogen-bond donors (Lipinski definition) is 0. The van der Waals surface area contributed by atoms with Gasteiger partial charge in [-0.05, 0) is 25.2 Å². The van der Waals surface area contributed by atoms with E-state index in [0.29, 0.717) is 5.92 Å². The van der Waals surface area contributed by atoms with Crippen LogP contribution in [0.15, 0.2) is 11.6 Å². The van der Waals surface area contributed by atoms with Crippen LogP contribution in [0.25, 0.3) is 0 Å². The van der Waals surface area contributed by atoms with Gasteiger partial charge in [-0.1, -0.05) is 40.2 Å². The summed E-state index contributed by atoms with van der Waals surface area (Å²) in [4.78, 5) is 11.5. The molecule has 2 heteroatoms. The van der Waals surface area contributed by atoms with Gasteiger partial charge in [-0.25, -0.2) is 4.79 Å². The molecule has 88 valence electrons. The van der Waals surface area contributed by atoms with Gasteiger partial charge in [-0.3, -0.25) is 0 Å². The van der Waals surface area contributed by atoms with E-state index in [4.69, 9.17) is 4.74 Å². The van der Waals surface area contributed by atoms with E-state index >= 15 is 0 Å². The summed E-state index contributed by atoms with van der Waals surface area (Å²) in [5, 5.41) is 0. The number of carbonyl (C=O) groups is 1. The second kappa shape index (κ2) is 5.34. The molecule has 15 heavy (non-hydrogen) atoms. The number of allylic oxidation sites excluding steroid dienone is 1. The Hall–Kier alpha value is -0.790. The van der Waals surface area contributed by atoms with Crippen LogP contribution >= 0.6 is 0 Å². The third-order valence-corrected chi connectivity index (χ3v) is 2.11. The molecule has 0 rings (SSSR count). The summed E-state index contributed by atoms with van der Waals surface area (Å²) in [7, 11) is 0. The molecule has 0 aliphatic carbocycles. The molecule has 0 unspecified atom stereocenters. The van der Waals surface area contributed by atoms with Gasteiger partial charge in [0.25, 0.3) is 0 Å². The normalized spacial score (nSPS) is 13.5. The molecular formula is C13H24O2. The second-order valence-electron chi connectivity index (χ2n) is 5.49. The molecule has 0 aromatic heterocycles. The summed E-state index contributed by atoms with van der Waals surface area (Å²) in [6.07, 6.45) is 1.59. The van der Waals surface area contributed by atoms with Crippen molar-refractivity contribution in [2.45, 2.75) is 54.6 Å². The number of ether oxygens (including phenoxy) is 1. The standard InChI is InChI=1S/C13H24O2/c1-9(2)11(13(5,6)7)8-12(14)15-10(3)4/h8-10H,1-7H3/b11-8+. The molecule has 0 aromatic rings. The van der Waals surface area contributed by atoms with Gasteiger partial charge in [0.1, 0.15) is 0 Å². The summed E-state index contributed by atoms with van der Waals surface area (Å²) in [5.41, 5.74) is 1.15. The predicted molar refractivity (Wildman–Crippen MR) is 63.6 cm³/mol. The lowest BCUT2D eigenvalue weighted by molar-refractivity contribution is -0.141. The van der Waals surface area contributed by atoms with E-state index in [1.165, 1.54) is 0 Å². The van der Waals surface area contributed by atoms with Crippen LogP contribution < -0.4 is 0 Å². The van der Waals surface area contributed by atoms with Crippen LogP contribution in [0.4, 0.5) is 0 Å². The Labute approximate surface area is 93.7 Å². The molecule has 0 aliphatic heterocycles. The van der Waals surface area contributed by atoms with E-state index < -0.39 is 0 Å². The smallest absolute Gasteiger partial charge is 0.330 e. The Morgan fingerprint density at radius 2 is 1.60 bits per heavy atom. The SMILES string of the molecule is CC(C)OC(=O)/C=C(\C(C)C)C(C)(C)C. The number of rotatable bonds is 3. The molecule has 0 bridgehead atoms. The minimum Gasteiger partial charge on any atom is -0.460 e. The van der Waals surface area contributed by atoms with Crippen molar-refractivity contribution >= 4 is 5.97 Å². The highest BCUT2D eigenvalue weighted by Gasteiger charge is 2.21. The molecule has 0 aliphatic rings. The topological polar surface area (TPSA) is 26.3 Å². The summed E-state index contributed by atoms with van der Waals surface area (Å²) < 4.78 is 5.11. The third kappa shape index (κ3) is 5.60. The Balaban J connectivity index is 4.78. The monoisotopic (exact) mass is 212 g/mol. The molecule has 0 amide bonds. The highest BCUT2D eigenvalue weighted by atomic mass is 16.5. The van der Waals surface area contributed by atoms with Crippen molar-refractivity contribution in [2.75, 3.05) is 0 Å². The van der Waals surface area contributed by atoms with Crippen molar-refractivity contribution in [3.63, 3.8) is 0 Å². The van der Waals surface area contributed by atoms with Gasteiger partial charge in [0.05, 0.1) is 6.10 Å². The fraction of sp³-hybridized carbons (Fsp3) is 0.769. The first-order chi connectivity index (χ1) is 6.64. The van der Waals surface area contributed by atoms with Gasteiger partial charge in [0.15, 0.2) is 0 Å². The maximum Gasteiger partial charge on any atom is 0.330 e. The molecule has 0 N–H and O–H groups in total. The average molecular weight is 212 g/mol. The average Bonchev–Trinajstić information content (AvgIpc) is 1.95. The van der Waals surface area contributed by atoms with Gasteiger partial charge in [-0.2, -0.15) is 0 Å². The van der Waals surface area contributed by atoms with Crippen molar-refractivity contribution < 1.29 is 9.53 Å². The second-order valence-corrected chi connectivity index (χ2v) is 5.49. The predicted octanol–water partition coefficient (Wildman–Crippen LogP) is 3.57. The summed E-state index contributed by atoms with van der Waals surface area (Å²) in [6, 6.07) is 0. The van der Waals surface area contributed by atoms with Crippen molar-refractivity contribution in [1.29, 1.82) is 0 Å². The molecule has 0 saturated carbocycles. The lowest BCUT2D eigenvalue weighted by Gasteiger charge is -2.26. The van der Waals surface area contributed by atoms with Crippen LogP contribution in [0.2, 0.25) is 0 Å². The Kier molecular flexibility index (Phi) is 5.06. The number of hydrogen-bond acceptors (Lipinski definition) is 2. The maximum atomic E-state index is 11.5. The van der Waals surface area contributed by atoms with Gasteiger partial charge in [-0.15, -0.1) is 0 Å². The van der Waals surface area contributed by atoms with E-state index in [2.05, 4.69) is 34.6 Å². The van der Waals surface area contributed by atoms with Gasteiger partial charge in [0.2, 0.25) is 0 Å². The first-order valence-electron chi connectivity index (χ1n) is 5.57. The highest BCUT2D eigenvalue weighted by molar-refractivity contribution is 5.83. The Morgan fingerprint density at radius 3 is 1.87 bits per heavy atom. The van der Waals surface area contributed by atoms with Crippen LogP contribution in [-0.2, 0) is 9.53 Å². The van der Waals surface area contributed by atoms with Crippen molar-refractivity contribution in [3.05, 3.63) is 11.6 Å². The molecular weight excluding hydrogens is 188 g/mol. The first kappa shape index (κ1) is 14.2. The van der Waals surface area contributed by atoms with E-state index in [0.717, 1.165) is 5.57 Å².